The van der Waals surface area contributed by atoms with Gasteiger partial charge in [-0.25, -0.2) is 0 Å². The highest BCUT2D eigenvalue weighted by molar-refractivity contribution is 5.93. The largest absolute Gasteiger partial charge is 0.326 e. The molecular formula is C19H24ClN3O. The van der Waals surface area contributed by atoms with Crippen molar-refractivity contribution in [2.75, 3.05) is 25.0 Å². The lowest BCUT2D eigenvalue weighted by Crippen LogP contribution is -2.33. The molecule has 1 heterocycles. The fourth-order valence-electron chi connectivity index (χ4n) is 3.20. The number of aryl methyl sites for hydroxylation is 1. The number of nitrogens with one attached hydrogen (secondary N) is 1. The standard InChI is InChI=1S/C19H23N3O.ClH/c1-14-7-5-6-10-18(14)21-19(23)13-22-11-16(17(20)12-22)15-8-3-2-4-9-15;/h2-10,16-17H,11-13,20H2,1H3,(H,21,23);1H/t16-,17+;/m0./s1. The van der Waals surface area contributed by atoms with Crippen LogP contribution in [0.1, 0.15) is 17.0 Å². The zero-order valence-corrected chi connectivity index (χ0v) is 14.6. The van der Waals surface area contributed by atoms with Crippen LogP contribution >= 0.6 is 12.4 Å². The Morgan fingerprint density at radius 2 is 1.79 bits per heavy atom. The van der Waals surface area contributed by atoms with E-state index >= 15 is 0 Å². The molecular weight excluding hydrogens is 322 g/mol. The molecule has 1 saturated heterocycles. The number of benzene rings is 2. The van der Waals surface area contributed by atoms with Crippen LogP contribution in [-0.4, -0.2) is 36.5 Å². The molecule has 0 aliphatic carbocycles. The summed E-state index contributed by atoms with van der Waals surface area (Å²) in [5.41, 5.74) is 9.48. The van der Waals surface area contributed by atoms with Crippen molar-refractivity contribution in [3.8, 4) is 0 Å². The summed E-state index contributed by atoms with van der Waals surface area (Å²) in [7, 11) is 0. The van der Waals surface area contributed by atoms with Gasteiger partial charge >= 0.3 is 0 Å². The Hall–Kier alpha value is -1.88. The number of anilines is 1. The number of carbonyl (C=O) groups excluding carboxylic acids is 1. The maximum absolute atomic E-state index is 12.3. The van der Waals surface area contributed by atoms with Gasteiger partial charge in [0, 0.05) is 30.7 Å². The minimum atomic E-state index is 0. The third-order valence-electron chi connectivity index (χ3n) is 4.45. The summed E-state index contributed by atoms with van der Waals surface area (Å²) in [6.07, 6.45) is 0. The van der Waals surface area contributed by atoms with Crippen molar-refractivity contribution in [1.82, 2.24) is 4.90 Å². The molecule has 2 atom stereocenters. The summed E-state index contributed by atoms with van der Waals surface area (Å²) < 4.78 is 0. The van der Waals surface area contributed by atoms with Gasteiger partial charge in [0.1, 0.15) is 0 Å². The zero-order chi connectivity index (χ0) is 16.2. The molecule has 0 aromatic heterocycles. The first-order chi connectivity index (χ1) is 11.1. The normalized spacial score (nSPS) is 20.4. The molecule has 0 spiro atoms. The van der Waals surface area contributed by atoms with Gasteiger partial charge in [-0.05, 0) is 24.1 Å². The number of likely N-dealkylation sites (tertiary alicyclic amines) is 1. The molecule has 5 heteroatoms. The molecule has 0 radical (unpaired) electrons. The SMILES string of the molecule is Cc1ccccc1NC(=O)CN1C[C@@H](N)[C@H](c2ccccc2)C1.Cl. The van der Waals surface area contributed by atoms with Crippen molar-refractivity contribution in [3.63, 3.8) is 0 Å². The number of amides is 1. The first-order valence-electron chi connectivity index (χ1n) is 8.02. The van der Waals surface area contributed by atoms with E-state index < -0.39 is 0 Å². The zero-order valence-electron chi connectivity index (χ0n) is 13.8. The second kappa shape index (κ2) is 8.29. The topological polar surface area (TPSA) is 58.4 Å². The van der Waals surface area contributed by atoms with Crippen LogP contribution in [0.25, 0.3) is 0 Å². The molecule has 128 valence electrons. The lowest BCUT2D eigenvalue weighted by atomic mass is 9.95. The molecule has 3 rings (SSSR count). The smallest absolute Gasteiger partial charge is 0.238 e. The van der Waals surface area contributed by atoms with E-state index in [2.05, 4.69) is 22.3 Å². The van der Waals surface area contributed by atoms with E-state index in [-0.39, 0.29) is 24.4 Å². The highest BCUT2D eigenvalue weighted by Gasteiger charge is 2.31. The Morgan fingerprint density at radius 1 is 1.12 bits per heavy atom. The van der Waals surface area contributed by atoms with Crippen LogP contribution in [0.2, 0.25) is 0 Å². The molecule has 0 unspecified atom stereocenters. The van der Waals surface area contributed by atoms with Crippen LogP contribution in [0, 0.1) is 6.92 Å². The maximum Gasteiger partial charge on any atom is 0.238 e. The summed E-state index contributed by atoms with van der Waals surface area (Å²) in [4.78, 5) is 14.4. The van der Waals surface area contributed by atoms with E-state index in [0.29, 0.717) is 12.5 Å². The van der Waals surface area contributed by atoms with E-state index in [1.165, 1.54) is 5.56 Å². The van der Waals surface area contributed by atoms with Crippen molar-refractivity contribution in [1.29, 1.82) is 0 Å². The van der Waals surface area contributed by atoms with Crippen molar-refractivity contribution in [2.45, 2.75) is 18.9 Å². The van der Waals surface area contributed by atoms with Crippen LogP contribution in [0.5, 0.6) is 0 Å². The number of carbonyl (C=O) groups is 1. The molecule has 1 aliphatic heterocycles. The molecule has 4 nitrogen and oxygen atoms in total. The van der Waals surface area contributed by atoms with Crippen molar-refractivity contribution >= 4 is 24.0 Å². The second-order valence-corrected chi connectivity index (χ2v) is 6.24. The van der Waals surface area contributed by atoms with E-state index in [4.69, 9.17) is 5.73 Å². The Balaban J connectivity index is 0.00000208. The predicted molar refractivity (Wildman–Crippen MR) is 101 cm³/mol. The Kier molecular flexibility index (Phi) is 6.37. The lowest BCUT2D eigenvalue weighted by molar-refractivity contribution is -0.117. The fraction of sp³-hybridized carbons (Fsp3) is 0.316. The summed E-state index contributed by atoms with van der Waals surface area (Å²) >= 11 is 0. The maximum atomic E-state index is 12.3. The van der Waals surface area contributed by atoms with Gasteiger partial charge in [-0.2, -0.15) is 0 Å². The first kappa shape index (κ1) is 18.5. The molecule has 2 aromatic rings. The average molecular weight is 346 g/mol. The predicted octanol–water partition coefficient (Wildman–Crippen LogP) is 2.78. The number of nitrogens with two attached hydrogens (primary N) is 1. The van der Waals surface area contributed by atoms with E-state index in [9.17, 15) is 4.79 Å². The monoisotopic (exact) mass is 345 g/mol. The minimum absolute atomic E-state index is 0. The van der Waals surface area contributed by atoms with Crippen LogP contribution in [0.15, 0.2) is 54.6 Å². The number of nitrogens with zero attached hydrogens (tertiary/aromatic N) is 1. The number of halogens is 1. The van der Waals surface area contributed by atoms with Gasteiger partial charge in [-0.1, -0.05) is 48.5 Å². The number of para-hydroxylation sites is 1. The van der Waals surface area contributed by atoms with E-state index in [0.717, 1.165) is 24.3 Å². The molecule has 24 heavy (non-hydrogen) atoms. The van der Waals surface area contributed by atoms with Crippen LogP contribution in [0.3, 0.4) is 0 Å². The summed E-state index contributed by atoms with van der Waals surface area (Å²) in [5.74, 6) is 0.308. The molecule has 1 amide bonds. The van der Waals surface area contributed by atoms with Crippen LogP contribution in [0.4, 0.5) is 5.69 Å². The van der Waals surface area contributed by atoms with Gasteiger partial charge in [0.25, 0.3) is 0 Å². The minimum Gasteiger partial charge on any atom is -0.326 e. The van der Waals surface area contributed by atoms with Gasteiger partial charge in [-0.3, -0.25) is 9.69 Å². The fourth-order valence-corrected chi connectivity index (χ4v) is 3.20. The molecule has 0 saturated carbocycles. The van der Waals surface area contributed by atoms with Crippen molar-refractivity contribution < 1.29 is 4.79 Å². The number of hydrogen-bond donors (Lipinski definition) is 2. The Morgan fingerprint density at radius 3 is 2.50 bits per heavy atom. The van der Waals surface area contributed by atoms with Crippen LogP contribution < -0.4 is 11.1 Å². The lowest BCUT2D eigenvalue weighted by Gasteiger charge is -2.16. The summed E-state index contributed by atoms with van der Waals surface area (Å²) in [5, 5.41) is 2.99. The van der Waals surface area contributed by atoms with Gasteiger partial charge in [-0.15, -0.1) is 12.4 Å². The van der Waals surface area contributed by atoms with Crippen LogP contribution in [-0.2, 0) is 4.79 Å². The summed E-state index contributed by atoms with van der Waals surface area (Å²) in [6.45, 7) is 3.95. The third-order valence-corrected chi connectivity index (χ3v) is 4.45. The van der Waals surface area contributed by atoms with E-state index in [1.54, 1.807) is 0 Å². The van der Waals surface area contributed by atoms with E-state index in [1.807, 2.05) is 49.4 Å². The van der Waals surface area contributed by atoms with Gasteiger partial charge in [0.2, 0.25) is 5.91 Å². The highest BCUT2D eigenvalue weighted by Crippen LogP contribution is 2.26. The summed E-state index contributed by atoms with van der Waals surface area (Å²) in [6, 6.07) is 18.2. The molecule has 2 aromatic carbocycles. The quantitative estimate of drug-likeness (QED) is 0.895. The van der Waals surface area contributed by atoms with Gasteiger partial charge in [0.05, 0.1) is 6.54 Å². The highest BCUT2D eigenvalue weighted by atomic mass is 35.5. The first-order valence-corrected chi connectivity index (χ1v) is 8.02. The van der Waals surface area contributed by atoms with Crippen molar-refractivity contribution in [3.05, 3.63) is 65.7 Å². The average Bonchev–Trinajstić information content (AvgIpc) is 2.91. The van der Waals surface area contributed by atoms with Gasteiger partial charge in [0.15, 0.2) is 0 Å². The molecule has 3 N–H and O–H groups in total. The molecule has 1 fully saturated rings. The Labute approximate surface area is 149 Å². The Bertz CT molecular complexity index is 677. The van der Waals surface area contributed by atoms with Gasteiger partial charge < -0.3 is 11.1 Å². The number of hydrogen-bond acceptors (Lipinski definition) is 3. The second-order valence-electron chi connectivity index (χ2n) is 6.24. The molecule has 0 bridgehead atoms. The van der Waals surface area contributed by atoms with Crippen molar-refractivity contribution in [2.24, 2.45) is 5.73 Å². The number of rotatable bonds is 4. The third kappa shape index (κ3) is 4.35. The molecule has 1 aliphatic rings.